The zero-order valence-corrected chi connectivity index (χ0v) is 11.3. The van der Waals surface area contributed by atoms with Gasteiger partial charge in [-0.3, -0.25) is 4.79 Å². The predicted molar refractivity (Wildman–Crippen MR) is 75.8 cm³/mol. The maximum absolute atomic E-state index is 11.9. The molecule has 98 valence electrons. The van der Waals surface area contributed by atoms with Gasteiger partial charge in [0.05, 0.1) is 12.4 Å². The molecule has 1 aromatic carbocycles. The second-order valence-corrected chi connectivity index (χ2v) is 4.51. The molecule has 5 nitrogen and oxygen atoms in total. The molecule has 2 aromatic rings. The van der Waals surface area contributed by atoms with Crippen LogP contribution in [0.25, 0.3) is 0 Å². The number of hydrogen-bond donors (Lipinski definition) is 1. The largest absolute Gasteiger partial charge is 0.378 e. The normalized spacial score (nSPS) is 10.1. The van der Waals surface area contributed by atoms with Crippen LogP contribution in [0.5, 0.6) is 0 Å². The van der Waals surface area contributed by atoms with Gasteiger partial charge in [-0.15, -0.1) is 0 Å². The summed E-state index contributed by atoms with van der Waals surface area (Å²) < 4.78 is 0. The number of nitrogens with zero attached hydrogens (tertiary/aromatic N) is 3. The second-order valence-electron chi connectivity index (χ2n) is 4.12. The maximum atomic E-state index is 11.9. The first-order chi connectivity index (χ1) is 9.06. The van der Waals surface area contributed by atoms with Crippen LogP contribution in [0.15, 0.2) is 36.7 Å². The van der Waals surface area contributed by atoms with Gasteiger partial charge in [-0.25, -0.2) is 9.97 Å². The molecule has 0 saturated heterocycles. The zero-order chi connectivity index (χ0) is 13.8. The number of halogens is 1. The lowest BCUT2D eigenvalue weighted by molar-refractivity contribution is 0.102. The molecule has 0 aliphatic heterocycles. The molecule has 0 spiro atoms. The van der Waals surface area contributed by atoms with E-state index in [2.05, 4.69) is 15.3 Å². The molecule has 0 fully saturated rings. The topological polar surface area (TPSA) is 58.1 Å². The summed E-state index contributed by atoms with van der Waals surface area (Å²) in [4.78, 5) is 21.6. The number of nitrogens with one attached hydrogen (secondary N) is 1. The van der Waals surface area contributed by atoms with Crippen molar-refractivity contribution in [3.05, 3.63) is 47.5 Å². The standard InChI is InChI=1S/C13H13ClN4O/c1-18(2)10-5-3-9(4-6-10)17-13(19)11-7-16-12(14)8-15-11/h3-8H,1-2H3,(H,17,19). The van der Waals surface area contributed by atoms with E-state index in [1.807, 2.05) is 43.3 Å². The molecular formula is C13H13ClN4O. The zero-order valence-electron chi connectivity index (χ0n) is 10.6. The molecule has 19 heavy (non-hydrogen) atoms. The van der Waals surface area contributed by atoms with Crippen molar-refractivity contribution < 1.29 is 4.79 Å². The molecule has 6 heteroatoms. The number of benzene rings is 1. The molecule has 1 amide bonds. The Morgan fingerprint density at radius 1 is 1.16 bits per heavy atom. The smallest absolute Gasteiger partial charge is 0.275 e. The van der Waals surface area contributed by atoms with Gasteiger partial charge in [0.1, 0.15) is 10.8 Å². The third kappa shape index (κ3) is 3.42. The van der Waals surface area contributed by atoms with E-state index in [-0.39, 0.29) is 16.8 Å². The summed E-state index contributed by atoms with van der Waals surface area (Å²) >= 11 is 5.61. The van der Waals surface area contributed by atoms with Crippen molar-refractivity contribution in [3.63, 3.8) is 0 Å². The Kier molecular flexibility index (Phi) is 3.97. The van der Waals surface area contributed by atoms with E-state index in [1.54, 1.807) is 0 Å². The fourth-order valence-electron chi connectivity index (χ4n) is 1.47. The number of aromatic nitrogens is 2. The number of rotatable bonds is 3. The van der Waals surface area contributed by atoms with Gasteiger partial charge in [0.25, 0.3) is 5.91 Å². The van der Waals surface area contributed by atoms with Gasteiger partial charge in [-0.1, -0.05) is 11.6 Å². The van der Waals surface area contributed by atoms with E-state index < -0.39 is 0 Å². The Morgan fingerprint density at radius 3 is 2.37 bits per heavy atom. The van der Waals surface area contributed by atoms with Crippen LogP contribution < -0.4 is 10.2 Å². The van der Waals surface area contributed by atoms with Crippen molar-refractivity contribution in [2.75, 3.05) is 24.3 Å². The molecule has 0 saturated carbocycles. The summed E-state index contributed by atoms with van der Waals surface area (Å²) in [7, 11) is 3.91. The van der Waals surface area contributed by atoms with Gasteiger partial charge in [-0.2, -0.15) is 0 Å². The summed E-state index contributed by atoms with van der Waals surface area (Å²) in [6.07, 6.45) is 2.68. The van der Waals surface area contributed by atoms with Crippen LogP contribution in [-0.2, 0) is 0 Å². The highest BCUT2D eigenvalue weighted by molar-refractivity contribution is 6.29. The average molecular weight is 277 g/mol. The Hall–Kier alpha value is -2.14. The van der Waals surface area contributed by atoms with Crippen molar-refractivity contribution in [2.45, 2.75) is 0 Å². The Balaban J connectivity index is 2.08. The highest BCUT2D eigenvalue weighted by Crippen LogP contribution is 2.16. The van der Waals surface area contributed by atoms with Crippen LogP contribution in [0.2, 0.25) is 5.15 Å². The molecule has 0 aliphatic carbocycles. The number of amides is 1. The Labute approximate surface area is 116 Å². The molecule has 0 aliphatic rings. The van der Waals surface area contributed by atoms with Crippen molar-refractivity contribution in [2.24, 2.45) is 0 Å². The average Bonchev–Trinajstić information content (AvgIpc) is 2.40. The fraction of sp³-hybridized carbons (Fsp3) is 0.154. The second kappa shape index (κ2) is 5.67. The van der Waals surface area contributed by atoms with E-state index in [4.69, 9.17) is 11.6 Å². The minimum absolute atomic E-state index is 0.223. The quantitative estimate of drug-likeness (QED) is 0.935. The van der Waals surface area contributed by atoms with E-state index in [1.165, 1.54) is 12.4 Å². The van der Waals surface area contributed by atoms with Crippen LogP contribution in [0.1, 0.15) is 10.5 Å². The molecule has 2 rings (SSSR count). The number of anilines is 2. The molecule has 1 heterocycles. The van der Waals surface area contributed by atoms with Gasteiger partial charge in [-0.05, 0) is 24.3 Å². The van der Waals surface area contributed by atoms with Crippen molar-refractivity contribution in [3.8, 4) is 0 Å². The monoisotopic (exact) mass is 276 g/mol. The lowest BCUT2D eigenvalue weighted by atomic mass is 10.2. The highest BCUT2D eigenvalue weighted by Gasteiger charge is 2.08. The minimum atomic E-state index is -0.318. The van der Waals surface area contributed by atoms with E-state index in [9.17, 15) is 4.79 Å². The summed E-state index contributed by atoms with van der Waals surface area (Å²) in [6, 6.07) is 7.50. The molecule has 0 atom stereocenters. The van der Waals surface area contributed by atoms with Crippen LogP contribution in [-0.4, -0.2) is 30.0 Å². The molecule has 1 N–H and O–H groups in total. The number of hydrogen-bond acceptors (Lipinski definition) is 4. The number of carbonyl (C=O) groups excluding carboxylic acids is 1. The van der Waals surface area contributed by atoms with Gasteiger partial charge < -0.3 is 10.2 Å². The lowest BCUT2D eigenvalue weighted by Gasteiger charge is -2.12. The third-order valence-corrected chi connectivity index (χ3v) is 2.69. The Bertz CT molecular complexity index is 566. The van der Waals surface area contributed by atoms with E-state index >= 15 is 0 Å². The molecule has 0 bridgehead atoms. The van der Waals surface area contributed by atoms with Gasteiger partial charge in [0.2, 0.25) is 0 Å². The SMILES string of the molecule is CN(C)c1ccc(NC(=O)c2cnc(Cl)cn2)cc1. The Morgan fingerprint density at radius 2 is 1.84 bits per heavy atom. The molecule has 0 radical (unpaired) electrons. The highest BCUT2D eigenvalue weighted by atomic mass is 35.5. The maximum Gasteiger partial charge on any atom is 0.275 e. The van der Waals surface area contributed by atoms with Crippen molar-refractivity contribution >= 4 is 28.9 Å². The summed E-state index contributed by atoms with van der Waals surface area (Å²) in [6.45, 7) is 0. The fourth-order valence-corrected chi connectivity index (χ4v) is 1.57. The van der Waals surface area contributed by atoms with Crippen molar-refractivity contribution in [1.82, 2.24) is 9.97 Å². The molecule has 1 aromatic heterocycles. The van der Waals surface area contributed by atoms with Crippen LogP contribution in [0, 0.1) is 0 Å². The van der Waals surface area contributed by atoms with Crippen LogP contribution in [0.4, 0.5) is 11.4 Å². The van der Waals surface area contributed by atoms with E-state index in [0.717, 1.165) is 5.69 Å². The van der Waals surface area contributed by atoms with E-state index in [0.29, 0.717) is 5.69 Å². The van der Waals surface area contributed by atoms with Gasteiger partial charge in [0, 0.05) is 25.5 Å². The third-order valence-electron chi connectivity index (χ3n) is 2.49. The van der Waals surface area contributed by atoms with Crippen LogP contribution >= 0.6 is 11.6 Å². The number of carbonyl (C=O) groups is 1. The molecule has 0 unspecified atom stereocenters. The van der Waals surface area contributed by atoms with Gasteiger partial charge in [0.15, 0.2) is 0 Å². The first kappa shape index (κ1) is 13.3. The predicted octanol–water partition coefficient (Wildman–Crippen LogP) is 2.45. The summed E-state index contributed by atoms with van der Waals surface area (Å²) in [5, 5.41) is 3.00. The minimum Gasteiger partial charge on any atom is -0.378 e. The van der Waals surface area contributed by atoms with Crippen molar-refractivity contribution in [1.29, 1.82) is 0 Å². The first-order valence-corrected chi connectivity index (χ1v) is 6.00. The van der Waals surface area contributed by atoms with Gasteiger partial charge >= 0.3 is 0 Å². The lowest BCUT2D eigenvalue weighted by Crippen LogP contribution is -2.14. The summed E-state index contributed by atoms with van der Waals surface area (Å²) in [5.74, 6) is -0.318. The molecular weight excluding hydrogens is 264 g/mol. The van der Waals surface area contributed by atoms with Crippen LogP contribution in [0.3, 0.4) is 0 Å². The first-order valence-electron chi connectivity index (χ1n) is 5.62. The summed E-state index contributed by atoms with van der Waals surface area (Å²) in [5.41, 5.74) is 1.98.